The summed E-state index contributed by atoms with van der Waals surface area (Å²) in [6.07, 6.45) is -0.0439. The van der Waals surface area contributed by atoms with Gasteiger partial charge in [-0.2, -0.15) is 5.10 Å². The van der Waals surface area contributed by atoms with Crippen molar-refractivity contribution >= 4 is 35.3 Å². The first-order valence-electron chi connectivity index (χ1n) is 11.0. The van der Waals surface area contributed by atoms with E-state index in [1.165, 1.54) is 5.56 Å². The van der Waals surface area contributed by atoms with E-state index in [0.29, 0.717) is 34.3 Å². The Kier molecular flexibility index (Phi) is 9.11. The van der Waals surface area contributed by atoms with E-state index in [0.717, 1.165) is 5.56 Å². The summed E-state index contributed by atoms with van der Waals surface area (Å²) < 4.78 is 18.1. The van der Waals surface area contributed by atoms with Crippen LogP contribution >= 0.6 is 11.6 Å². The maximum absolute atomic E-state index is 11.9. The standard InChI is InChI=1S/C25H34ClN3O4/c1-9-29-22(21(26)16(3)28-29)23(32-17(4)33-24(30)31-10-2)20(15-27-8)18-11-13-19(14-12-18)25(5,6)7/h11-15,17H,9-10H2,1-8H3/b23-20-,27-15?. The lowest BCUT2D eigenvalue weighted by molar-refractivity contribution is -0.0660. The summed E-state index contributed by atoms with van der Waals surface area (Å²) in [4.78, 5) is 16.1. The Hall–Kier alpha value is -2.80. The van der Waals surface area contributed by atoms with Gasteiger partial charge in [0, 0.05) is 32.3 Å². The molecule has 0 spiro atoms. The average Bonchev–Trinajstić information content (AvgIpc) is 3.04. The Morgan fingerprint density at radius 3 is 2.36 bits per heavy atom. The molecule has 8 heteroatoms. The number of hydrogen-bond donors (Lipinski definition) is 0. The molecular weight excluding hydrogens is 442 g/mol. The predicted octanol–water partition coefficient (Wildman–Crippen LogP) is 6.27. The van der Waals surface area contributed by atoms with Gasteiger partial charge in [-0.25, -0.2) is 4.79 Å². The van der Waals surface area contributed by atoms with Gasteiger partial charge in [0.2, 0.25) is 6.29 Å². The Balaban J connectivity index is 2.69. The Morgan fingerprint density at radius 1 is 1.21 bits per heavy atom. The molecule has 1 heterocycles. The first-order valence-corrected chi connectivity index (χ1v) is 11.4. The van der Waals surface area contributed by atoms with Crippen molar-refractivity contribution in [2.24, 2.45) is 4.99 Å². The summed E-state index contributed by atoms with van der Waals surface area (Å²) in [6, 6.07) is 8.20. The van der Waals surface area contributed by atoms with E-state index < -0.39 is 12.4 Å². The maximum atomic E-state index is 11.9. The molecule has 2 rings (SSSR count). The van der Waals surface area contributed by atoms with Crippen molar-refractivity contribution in [3.8, 4) is 0 Å². The highest BCUT2D eigenvalue weighted by Crippen LogP contribution is 2.35. The molecule has 0 amide bonds. The van der Waals surface area contributed by atoms with Crippen LogP contribution in [0.25, 0.3) is 11.3 Å². The number of aromatic nitrogens is 2. The number of carbonyl (C=O) groups excluding carboxylic acids is 1. The Morgan fingerprint density at radius 2 is 1.85 bits per heavy atom. The first kappa shape index (κ1) is 26.5. The number of carbonyl (C=O) groups is 1. The molecule has 0 aliphatic carbocycles. The van der Waals surface area contributed by atoms with Crippen LogP contribution in [0.5, 0.6) is 0 Å². The topological polar surface area (TPSA) is 74.9 Å². The van der Waals surface area contributed by atoms with Gasteiger partial charge in [0.05, 0.1) is 17.3 Å². The van der Waals surface area contributed by atoms with Crippen LogP contribution in [0.15, 0.2) is 29.3 Å². The second-order valence-electron chi connectivity index (χ2n) is 8.51. The minimum atomic E-state index is -0.940. The second-order valence-corrected chi connectivity index (χ2v) is 8.89. The van der Waals surface area contributed by atoms with Crippen molar-refractivity contribution in [1.82, 2.24) is 9.78 Å². The van der Waals surface area contributed by atoms with Gasteiger partial charge >= 0.3 is 6.16 Å². The maximum Gasteiger partial charge on any atom is 0.511 e. The molecule has 1 aromatic carbocycles. The van der Waals surface area contributed by atoms with Crippen molar-refractivity contribution in [3.05, 3.63) is 51.8 Å². The predicted molar refractivity (Wildman–Crippen MR) is 133 cm³/mol. The number of halogens is 1. The molecule has 0 N–H and O–H groups in total. The fourth-order valence-corrected chi connectivity index (χ4v) is 3.49. The number of benzene rings is 1. The van der Waals surface area contributed by atoms with Crippen molar-refractivity contribution in [3.63, 3.8) is 0 Å². The molecule has 33 heavy (non-hydrogen) atoms. The third kappa shape index (κ3) is 6.60. The van der Waals surface area contributed by atoms with Gasteiger partial charge in [-0.05, 0) is 37.3 Å². The summed E-state index contributed by atoms with van der Waals surface area (Å²) in [6.45, 7) is 14.4. The molecule has 0 radical (unpaired) electrons. The highest BCUT2D eigenvalue weighted by molar-refractivity contribution is 6.33. The van der Waals surface area contributed by atoms with E-state index in [4.69, 9.17) is 25.8 Å². The molecular formula is C25H34ClN3O4. The van der Waals surface area contributed by atoms with E-state index in [9.17, 15) is 4.79 Å². The van der Waals surface area contributed by atoms with Crippen LogP contribution in [-0.2, 0) is 26.2 Å². The lowest BCUT2D eigenvalue weighted by Crippen LogP contribution is -2.20. The lowest BCUT2D eigenvalue weighted by atomic mass is 9.86. The van der Waals surface area contributed by atoms with Gasteiger partial charge < -0.3 is 14.2 Å². The monoisotopic (exact) mass is 475 g/mol. The molecule has 2 aromatic rings. The number of nitrogens with zero attached hydrogens (tertiary/aromatic N) is 3. The minimum Gasteiger partial charge on any atom is -0.452 e. The number of hydrogen-bond acceptors (Lipinski definition) is 6. The third-order valence-corrected chi connectivity index (χ3v) is 5.39. The van der Waals surface area contributed by atoms with Crippen LogP contribution in [-0.4, -0.2) is 42.1 Å². The van der Waals surface area contributed by atoms with Gasteiger partial charge in [-0.3, -0.25) is 9.67 Å². The Bertz CT molecular complexity index is 1020. The zero-order chi connectivity index (χ0) is 24.8. The summed E-state index contributed by atoms with van der Waals surface area (Å²) in [5.74, 6) is 0.411. The molecule has 0 fully saturated rings. The molecule has 0 bridgehead atoms. The molecule has 1 aromatic heterocycles. The molecule has 1 atom stereocenters. The second kappa shape index (κ2) is 11.4. The smallest absolute Gasteiger partial charge is 0.452 e. The summed E-state index contributed by atoms with van der Waals surface area (Å²) in [5.41, 5.74) is 4.05. The van der Waals surface area contributed by atoms with Gasteiger partial charge in [0.1, 0.15) is 5.69 Å². The van der Waals surface area contributed by atoms with Crippen LogP contribution in [0.1, 0.15) is 64.1 Å². The quantitative estimate of drug-likeness (QED) is 0.195. The Labute approximate surface area is 201 Å². The van der Waals surface area contributed by atoms with Crippen LogP contribution in [0, 0.1) is 6.92 Å². The van der Waals surface area contributed by atoms with Gasteiger partial charge in [-0.15, -0.1) is 0 Å². The molecule has 0 aliphatic rings. The number of rotatable bonds is 8. The van der Waals surface area contributed by atoms with E-state index in [1.807, 2.05) is 26.0 Å². The fraction of sp³-hybridized carbons (Fsp3) is 0.480. The number of aryl methyl sites for hydroxylation is 2. The van der Waals surface area contributed by atoms with Gasteiger partial charge in [0.25, 0.3) is 0 Å². The highest BCUT2D eigenvalue weighted by Gasteiger charge is 2.25. The molecule has 1 unspecified atom stereocenters. The SMILES string of the molecule is CCOC(=O)OC(C)O/C(=C(/C=NC)c1ccc(C(C)(C)C)cc1)c1c(Cl)c(C)nn1CC. The van der Waals surface area contributed by atoms with Crippen LogP contribution in [0.3, 0.4) is 0 Å². The van der Waals surface area contributed by atoms with Gasteiger partial charge in [-0.1, -0.05) is 56.6 Å². The van der Waals surface area contributed by atoms with E-state index in [1.54, 1.807) is 31.8 Å². The number of allylic oxidation sites excluding steroid dienone is 1. The zero-order valence-electron chi connectivity index (χ0n) is 20.7. The molecule has 7 nitrogen and oxygen atoms in total. The molecule has 0 saturated heterocycles. The van der Waals surface area contributed by atoms with Crippen molar-refractivity contribution in [2.75, 3.05) is 13.7 Å². The van der Waals surface area contributed by atoms with Crippen molar-refractivity contribution in [1.29, 1.82) is 0 Å². The zero-order valence-corrected chi connectivity index (χ0v) is 21.5. The lowest BCUT2D eigenvalue weighted by Gasteiger charge is -2.22. The summed E-state index contributed by atoms with van der Waals surface area (Å²) >= 11 is 6.67. The summed E-state index contributed by atoms with van der Waals surface area (Å²) in [5, 5.41) is 4.99. The third-order valence-electron chi connectivity index (χ3n) is 4.94. The average molecular weight is 476 g/mol. The van der Waals surface area contributed by atoms with Crippen molar-refractivity contribution in [2.45, 2.75) is 66.7 Å². The van der Waals surface area contributed by atoms with Crippen LogP contribution in [0.2, 0.25) is 5.02 Å². The largest absolute Gasteiger partial charge is 0.511 e. The van der Waals surface area contributed by atoms with Crippen LogP contribution in [0.4, 0.5) is 4.79 Å². The highest BCUT2D eigenvalue weighted by atomic mass is 35.5. The van der Waals surface area contributed by atoms with Crippen LogP contribution < -0.4 is 0 Å². The number of ether oxygens (including phenoxy) is 3. The van der Waals surface area contributed by atoms with E-state index in [2.05, 4.69) is 43.0 Å². The number of aliphatic imine (C=N–C) groups is 1. The van der Waals surface area contributed by atoms with E-state index >= 15 is 0 Å². The van der Waals surface area contributed by atoms with Gasteiger partial charge in [0.15, 0.2) is 5.76 Å². The first-order chi connectivity index (χ1) is 15.5. The van der Waals surface area contributed by atoms with E-state index in [-0.39, 0.29) is 12.0 Å². The molecule has 0 aliphatic heterocycles. The minimum absolute atomic E-state index is 0.0177. The van der Waals surface area contributed by atoms with Crippen molar-refractivity contribution < 1.29 is 19.0 Å². The fourth-order valence-electron chi connectivity index (χ4n) is 3.27. The summed E-state index contributed by atoms with van der Waals surface area (Å²) in [7, 11) is 1.68. The normalized spacial score (nSPS) is 13.6. The molecule has 0 saturated carbocycles. The molecule has 180 valence electrons.